The Morgan fingerprint density at radius 3 is 1.55 bits per heavy atom. The number of ether oxygens (including phenoxy) is 1. The van der Waals surface area contributed by atoms with E-state index in [0.717, 1.165) is 11.5 Å². The molecule has 0 radical (unpaired) electrons. The molecule has 0 atom stereocenters. The van der Waals surface area contributed by atoms with Gasteiger partial charge in [0, 0.05) is 6.42 Å². The second kappa shape index (κ2) is 15.3. The van der Waals surface area contributed by atoms with Crippen molar-refractivity contribution in [3.63, 3.8) is 0 Å². The molecule has 2 heteroatoms. The number of hydrogen-bond donors (Lipinski definition) is 0. The molecule has 0 N–H and O–H groups in total. The van der Waals surface area contributed by atoms with Crippen LogP contribution in [-0.2, 0) is 4.74 Å². The molecule has 0 rings (SSSR count). The lowest BCUT2D eigenvalue weighted by molar-refractivity contribution is 0.228. The molecule has 0 aromatic heterocycles. The lowest BCUT2D eigenvalue weighted by Gasteiger charge is -2.10. The molecule has 0 saturated heterocycles. The second-order valence-electron chi connectivity index (χ2n) is 6.18. The van der Waals surface area contributed by atoms with Gasteiger partial charge in [-0.1, -0.05) is 77.6 Å². The lowest BCUT2D eigenvalue weighted by Crippen LogP contribution is -2.08. The third-order valence-corrected chi connectivity index (χ3v) is 3.90. The predicted molar refractivity (Wildman–Crippen MR) is 94.5 cm³/mol. The molecule has 20 heavy (non-hydrogen) atoms. The summed E-state index contributed by atoms with van der Waals surface area (Å²) in [5, 5.41) is 0.798. The number of rotatable bonds is 14. The van der Waals surface area contributed by atoms with Crippen molar-refractivity contribution in [2.75, 3.05) is 0 Å². The zero-order valence-corrected chi connectivity index (χ0v) is 14.9. The van der Waals surface area contributed by atoms with Crippen LogP contribution in [0.15, 0.2) is 0 Å². The van der Waals surface area contributed by atoms with Crippen LogP contribution in [0.3, 0.4) is 0 Å². The van der Waals surface area contributed by atoms with Crippen molar-refractivity contribution in [2.24, 2.45) is 0 Å². The van der Waals surface area contributed by atoms with Crippen molar-refractivity contribution in [3.05, 3.63) is 0 Å². The summed E-state index contributed by atoms with van der Waals surface area (Å²) in [4.78, 5) is 0. The molecule has 0 aliphatic carbocycles. The van der Waals surface area contributed by atoms with Crippen molar-refractivity contribution in [1.82, 2.24) is 0 Å². The van der Waals surface area contributed by atoms with Gasteiger partial charge < -0.3 is 4.74 Å². The van der Waals surface area contributed by atoms with E-state index in [2.05, 4.69) is 6.92 Å². The molecule has 0 aromatic rings. The van der Waals surface area contributed by atoms with Crippen LogP contribution >= 0.6 is 12.2 Å². The van der Waals surface area contributed by atoms with Gasteiger partial charge in [0.15, 0.2) is 5.05 Å². The molecule has 0 amide bonds. The SMILES string of the molecule is CCCCCCCCCCCCCCC(=S)OC(C)C. The van der Waals surface area contributed by atoms with Gasteiger partial charge in [-0.15, -0.1) is 0 Å². The Kier molecular flexibility index (Phi) is 15.2. The Bertz CT molecular complexity index is 213. The summed E-state index contributed by atoms with van der Waals surface area (Å²) < 4.78 is 5.48. The Morgan fingerprint density at radius 2 is 1.15 bits per heavy atom. The smallest absolute Gasteiger partial charge is 0.160 e. The molecular formula is C18H36OS. The summed E-state index contributed by atoms with van der Waals surface area (Å²) in [6.07, 6.45) is 17.8. The summed E-state index contributed by atoms with van der Waals surface area (Å²) in [7, 11) is 0. The third kappa shape index (κ3) is 15.9. The fourth-order valence-corrected chi connectivity index (χ4v) is 2.77. The summed E-state index contributed by atoms with van der Waals surface area (Å²) in [6, 6.07) is 0. The second-order valence-corrected chi connectivity index (χ2v) is 6.63. The van der Waals surface area contributed by atoms with Crippen molar-refractivity contribution in [2.45, 2.75) is 110 Å². The van der Waals surface area contributed by atoms with Gasteiger partial charge >= 0.3 is 0 Å². The van der Waals surface area contributed by atoms with Crippen molar-refractivity contribution >= 4 is 17.3 Å². The van der Waals surface area contributed by atoms with Crippen LogP contribution in [0, 0.1) is 0 Å². The molecule has 0 aliphatic heterocycles. The van der Waals surface area contributed by atoms with Gasteiger partial charge in [0.2, 0.25) is 0 Å². The molecule has 0 aliphatic rings. The molecule has 0 heterocycles. The van der Waals surface area contributed by atoms with Gasteiger partial charge in [0.05, 0.1) is 6.10 Å². The van der Waals surface area contributed by atoms with Gasteiger partial charge in [-0.2, -0.15) is 0 Å². The predicted octanol–water partition coefficient (Wildman–Crippen LogP) is 6.83. The lowest BCUT2D eigenvalue weighted by atomic mass is 10.0. The molecular weight excluding hydrogens is 264 g/mol. The van der Waals surface area contributed by atoms with E-state index in [1.807, 2.05) is 13.8 Å². The highest BCUT2D eigenvalue weighted by atomic mass is 32.1. The normalized spacial score (nSPS) is 11.0. The monoisotopic (exact) mass is 300 g/mol. The zero-order chi connectivity index (χ0) is 15.1. The van der Waals surface area contributed by atoms with E-state index in [-0.39, 0.29) is 6.10 Å². The summed E-state index contributed by atoms with van der Waals surface area (Å²) in [6.45, 7) is 6.35. The van der Waals surface area contributed by atoms with Crippen molar-refractivity contribution in [3.8, 4) is 0 Å². The molecule has 120 valence electrons. The highest BCUT2D eigenvalue weighted by molar-refractivity contribution is 7.80. The zero-order valence-electron chi connectivity index (χ0n) is 14.1. The highest BCUT2D eigenvalue weighted by Gasteiger charge is 2.00. The summed E-state index contributed by atoms with van der Waals surface area (Å²) >= 11 is 5.19. The molecule has 1 nitrogen and oxygen atoms in total. The minimum absolute atomic E-state index is 0.236. The van der Waals surface area contributed by atoms with E-state index >= 15 is 0 Å². The number of hydrogen-bond acceptors (Lipinski definition) is 2. The van der Waals surface area contributed by atoms with Crippen LogP contribution in [0.25, 0.3) is 0 Å². The van der Waals surface area contributed by atoms with Gasteiger partial charge in [0.1, 0.15) is 0 Å². The molecule has 0 saturated carbocycles. The van der Waals surface area contributed by atoms with Crippen molar-refractivity contribution in [1.29, 1.82) is 0 Å². The summed E-state index contributed by atoms with van der Waals surface area (Å²) in [5.41, 5.74) is 0. The fraction of sp³-hybridized carbons (Fsp3) is 0.944. The van der Waals surface area contributed by atoms with Crippen LogP contribution in [0.4, 0.5) is 0 Å². The van der Waals surface area contributed by atoms with Gasteiger partial charge in [0.25, 0.3) is 0 Å². The Hall–Kier alpha value is -0.110. The maximum atomic E-state index is 5.48. The number of unbranched alkanes of at least 4 members (excludes halogenated alkanes) is 11. The van der Waals surface area contributed by atoms with E-state index in [0.29, 0.717) is 0 Å². The average Bonchev–Trinajstić information content (AvgIpc) is 2.39. The van der Waals surface area contributed by atoms with E-state index in [4.69, 9.17) is 17.0 Å². The van der Waals surface area contributed by atoms with Crippen LogP contribution in [0.5, 0.6) is 0 Å². The first-order valence-electron chi connectivity index (χ1n) is 8.86. The highest BCUT2D eigenvalue weighted by Crippen LogP contribution is 2.13. The van der Waals surface area contributed by atoms with E-state index in [1.54, 1.807) is 0 Å². The van der Waals surface area contributed by atoms with Gasteiger partial charge in [-0.3, -0.25) is 0 Å². The first-order chi connectivity index (χ1) is 9.66. The maximum absolute atomic E-state index is 5.48. The third-order valence-electron chi connectivity index (χ3n) is 3.60. The summed E-state index contributed by atoms with van der Waals surface area (Å²) in [5.74, 6) is 0. The standard InChI is InChI=1S/C18H36OS/c1-4-5-6-7-8-9-10-11-12-13-14-15-16-18(20)19-17(2)3/h17H,4-16H2,1-3H3. The van der Waals surface area contributed by atoms with Gasteiger partial charge in [-0.05, 0) is 32.5 Å². The largest absolute Gasteiger partial charge is 0.484 e. The minimum Gasteiger partial charge on any atom is -0.484 e. The van der Waals surface area contributed by atoms with Crippen LogP contribution in [0.1, 0.15) is 104 Å². The molecule has 0 unspecified atom stereocenters. The van der Waals surface area contributed by atoms with E-state index < -0.39 is 0 Å². The molecule has 0 spiro atoms. The van der Waals surface area contributed by atoms with Crippen LogP contribution in [0.2, 0.25) is 0 Å². The van der Waals surface area contributed by atoms with Gasteiger partial charge in [-0.25, -0.2) is 0 Å². The molecule has 0 fully saturated rings. The first-order valence-corrected chi connectivity index (χ1v) is 9.27. The first kappa shape index (κ1) is 19.9. The minimum atomic E-state index is 0.236. The van der Waals surface area contributed by atoms with Crippen LogP contribution in [-0.4, -0.2) is 11.2 Å². The Labute approximate surface area is 132 Å². The Balaban J connectivity index is 3.08. The van der Waals surface area contributed by atoms with Crippen molar-refractivity contribution < 1.29 is 4.74 Å². The Morgan fingerprint density at radius 1 is 0.750 bits per heavy atom. The topological polar surface area (TPSA) is 9.23 Å². The maximum Gasteiger partial charge on any atom is 0.160 e. The average molecular weight is 301 g/mol. The van der Waals surface area contributed by atoms with Crippen LogP contribution < -0.4 is 0 Å². The number of thiocarbonyl (C=S) groups is 1. The fourth-order valence-electron chi connectivity index (χ4n) is 2.43. The molecule has 0 bridgehead atoms. The quantitative estimate of drug-likeness (QED) is 0.257. The molecule has 0 aromatic carbocycles. The van der Waals surface area contributed by atoms with E-state index in [1.165, 1.54) is 77.0 Å². The van der Waals surface area contributed by atoms with E-state index in [9.17, 15) is 0 Å².